The maximum absolute atomic E-state index is 5.94. The highest BCUT2D eigenvalue weighted by atomic mass is 35.5. The summed E-state index contributed by atoms with van der Waals surface area (Å²) >= 11 is 5.94. The molecule has 1 aromatic heterocycles. The van der Waals surface area contributed by atoms with Gasteiger partial charge in [-0.1, -0.05) is 60.1 Å². The van der Waals surface area contributed by atoms with Crippen molar-refractivity contribution >= 4 is 22.5 Å². The largest absolute Gasteiger partial charge is 0.487 e. The van der Waals surface area contributed by atoms with Crippen molar-refractivity contribution in [2.75, 3.05) is 0 Å². The van der Waals surface area contributed by atoms with Crippen LogP contribution >= 0.6 is 11.6 Å². The topological polar surface area (TPSA) is 57.4 Å². The van der Waals surface area contributed by atoms with Gasteiger partial charge in [0.1, 0.15) is 18.5 Å². The molecule has 0 spiro atoms. The minimum Gasteiger partial charge on any atom is -0.487 e. The number of pyridine rings is 1. The third-order valence-corrected chi connectivity index (χ3v) is 5.56. The summed E-state index contributed by atoms with van der Waals surface area (Å²) in [7, 11) is 0. The molecule has 5 heteroatoms. The first kappa shape index (κ1) is 21.3. The van der Waals surface area contributed by atoms with Gasteiger partial charge in [-0.25, -0.2) is 10.9 Å². The third-order valence-electron chi connectivity index (χ3n) is 5.30. The molecule has 4 rings (SSSR count). The van der Waals surface area contributed by atoms with Gasteiger partial charge in [0.15, 0.2) is 0 Å². The minimum atomic E-state index is -0.150. The van der Waals surface area contributed by atoms with Gasteiger partial charge in [0, 0.05) is 10.4 Å². The summed E-state index contributed by atoms with van der Waals surface area (Å²) in [5.74, 6) is 6.35. The summed E-state index contributed by atoms with van der Waals surface area (Å²) in [4.78, 5) is 9.88. The van der Waals surface area contributed by atoms with E-state index >= 15 is 0 Å². The normalized spacial score (nSPS) is 12.1. The van der Waals surface area contributed by atoms with E-state index in [9.17, 15) is 0 Å². The number of benzene rings is 3. The molecule has 158 valence electrons. The van der Waals surface area contributed by atoms with E-state index in [4.69, 9.17) is 27.1 Å². The van der Waals surface area contributed by atoms with E-state index in [2.05, 4.69) is 29.2 Å². The van der Waals surface area contributed by atoms with Crippen molar-refractivity contribution < 1.29 is 9.57 Å². The Kier molecular flexibility index (Phi) is 7.15. The van der Waals surface area contributed by atoms with Crippen molar-refractivity contribution in [1.82, 2.24) is 4.98 Å². The van der Waals surface area contributed by atoms with Gasteiger partial charge in [-0.15, -0.1) is 0 Å². The maximum atomic E-state index is 5.94. The van der Waals surface area contributed by atoms with Crippen LogP contribution in [0.3, 0.4) is 0 Å². The number of ether oxygens (including phenoxy) is 1. The predicted molar refractivity (Wildman–Crippen MR) is 125 cm³/mol. The lowest BCUT2D eigenvalue weighted by Crippen LogP contribution is -2.10. The van der Waals surface area contributed by atoms with Crippen molar-refractivity contribution in [3.8, 4) is 5.75 Å². The zero-order valence-corrected chi connectivity index (χ0v) is 18.0. The second kappa shape index (κ2) is 10.4. The Morgan fingerprint density at radius 1 is 0.871 bits per heavy atom. The van der Waals surface area contributed by atoms with Gasteiger partial charge in [0.05, 0.1) is 11.2 Å². The molecule has 0 saturated heterocycles. The Morgan fingerprint density at radius 2 is 1.65 bits per heavy atom. The molecule has 0 aliphatic rings. The standard InChI is InChI=1S/C26H25ClN2O2/c27-22-13-8-19(9-14-22)4-3-7-26(31-28)21-11-16-24(17-12-21)30-18-23-15-10-20-5-1-2-6-25(20)29-23/h1-2,5-6,8-17,26H,3-4,7,18,28H2. The fraction of sp³-hybridized carbons (Fsp3) is 0.192. The van der Waals surface area contributed by atoms with Crippen molar-refractivity contribution in [2.24, 2.45) is 5.90 Å². The van der Waals surface area contributed by atoms with Crippen molar-refractivity contribution in [3.05, 3.63) is 107 Å². The highest BCUT2D eigenvalue weighted by Gasteiger charge is 2.11. The smallest absolute Gasteiger partial charge is 0.130 e. The maximum Gasteiger partial charge on any atom is 0.130 e. The van der Waals surface area contributed by atoms with Crippen molar-refractivity contribution in [1.29, 1.82) is 0 Å². The summed E-state index contributed by atoms with van der Waals surface area (Å²) in [6.45, 7) is 0.419. The van der Waals surface area contributed by atoms with Crippen LogP contribution in [0.4, 0.5) is 0 Å². The lowest BCUT2D eigenvalue weighted by atomic mass is 10.0. The Hall–Kier alpha value is -2.92. The molecule has 4 nitrogen and oxygen atoms in total. The van der Waals surface area contributed by atoms with E-state index in [1.807, 2.05) is 60.7 Å². The van der Waals surface area contributed by atoms with Gasteiger partial charge in [0.25, 0.3) is 0 Å². The van der Waals surface area contributed by atoms with Gasteiger partial charge in [0.2, 0.25) is 0 Å². The molecule has 0 saturated carbocycles. The number of nitrogens with two attached hydrogens (primary N) is 1. The van der Waals surface area contributed by atoms with Crippen LogP contribution in [0, 0.1) is 0 Å². The lowest BCUT2D eigenvalue weighted by molar-refractivity contribution is 0.0451. The number of halogens is 1. The SMILES string of the molecule is NOC(CCCc1ccc(Cl)cc1)c1ccc(OCc2ccc3ccccc3n2)cc1. The van der Waals surface area contributed by atoms with Gasteiger partial charge >= 0.3 is 0 Å². The molecule has 0 amide bonds. The van der Waals surface area contributed by atoms with Crippen LogP contribution in [0.15, 0.2) is 84.9 Å². The van der Waals surface area contributed by atoms with Crippen LogP contribution in [0.1, 0.15) is 35.8 Å². The number of rotatable bonds is 9. The van der Waals surface area contributed by atoms with Crippen LogP contribution in [0.2, 0.25) is 5.02 Å². The number of nitrogens with zero attached hydrogens (tertiary/aromatic N) is 1. The Morgan fingerprint density at radius 3 is 2.42 bits per heavy atom. The van der Waals surface area contributed by atoms with Crippen LogP contribution in [0.25, 0.3) is 10.9 Å². The molecule has 0 fully saturated rings. The molecule has 0 radical (unpaired) electrons. The molecule has 0 aliphatic heterocycles. The highest BCUT2D eigenvalue weighted by Crippen LogP contribution is 2.25. The van der Waals surface area contributed by atoms with E-state index < -0.39 is 0 Å². The summed E-state index contributed by atoms with van der Waals surface area (Å²) < 4.78 is 5.91. The van der Waals surface area contributed by atoms with Crippen molar-refractivity contribution in [3.63, 3.8) is 0 Å². The second-order valence-electron chi connectivity index (χ2n) is 7.50. The minimum absolute atomic E-state index is 0.150. The molecule has 2 N–H and O–H groups in total. The van der Waals surface area contributed by atoms with Gasteiger partial charge in [-0.3, -0.25) is 4.84 Å². The number of aromatic nitrogens is 1. The molecule has 0 aliphatic carbocycles. The quantitative estimate of drug-likeness (QED) is 0.310. The summed E-state index contributed by atoms with van der Waals surface area (Å²) in [5, 5.41) is 1.88. The number of hydrogen-bond acceptors (Lipinski definition) is 4. The van der Waals surface area contributed by atoms with E-state index in [1.54, 1.807) is 0 Å². The number of aryl methyl sites for hydroxylation is 1. The predicted octanol–water partition coefficient (Wildman–Crippen LogP) is 6.42. The third kappa shape index (κ3) is 5.82. The van der Waals surface area contributed by atoms with Gasteiger partial charge < -0.3 is 4.74 Å². The van der Waals surface area contributed by atoms with Crippen LogP contribution in [-0.4, -0.2) is 4.98 Å². The molecular formula is C26H25ClN2O2. The molecule has 1 unspecified atom stereocenters. The molecule has 4 aromatic rings. The summed E-state index contributed by atoms with van der Waals surface area (Å²) in [6.07, 6.45) is 2.61. The Balaban J connectivity index is 1.30. The first-order valence-corrected chi connectivity index (χ1v) is 10.8. The molecule has 0 bridgehead atoms. The first-order chi connectivity index (χ1) is 15.2. The lowest BCUT2D eigenvalue weighted by Gasteiger charge is -2.15. The van der Waals surface area contributed by atoms with Gasteiger partial charge in [-0.2, -0.15) is 0 Å². The summed E-state index contributed by atoms with van der Waals surface area (Å²) in [6, 6.07) is 28.0. The average Bonchev–Trinajstić information content (AvgIpc) is 2.82. The Bertz CT molecular complexity index is 1110. The Labute approximate surface area is 187 Å². The number of hydrogen-bond donors (Lipinski definition) is 1. The van der Waals surface area contributed by atoms with E-state index in [-0.39, 0.29) is 6.10 Å². The van der Waals surface area contributed by atoms with Gasteiger partial charge in [-0.05, 0) is 66.8 Å². The van der Waals surface area contributed by atoms with Crippen LogP contribution < -0.4 is 10.6 Å². The van der Waals surface area contributed by atoms with Crippen molar-refractivity contribution in [2.45, 2.75) is 32.0 Å². The fourth-order valence-corrected chi connectivity index (χ4v) is 3.71. The molecule has 31 heavy (non-hydrogen) atoms. The second-order valence-corrected chi connectivity index (χ2v) is 7.93. The van der Waals surface area contributed by atoms with E-state index in [0.717, 1.165) is 52.2 Å². The zero-order valence-electron chi connectivity index (χ0n) is 17.2. The summed E-state index contributed by atoms with van der Waals surface area (Å²) in [5.41, 5.74) is 4.16. The van der Waals surface area contributed by atoms with Crippen LogP contribution in [-0.2, 0) is 17.9 Å². The van der Waals surface area contributed by atoms with Crippen LogP contribution in [0.5, 0.6) is 5.75 Å². The zero-order chi connectivity index (χ0) is 21.5. The monoisotopic (exact) mass is 432 g/mol. The molecule has 3 aromatic carbocycles. The molecule has 1 atom stereocenters. The highest BCUT2D eigenvalue weighted by molar-refractivity contribution is 6.30. The number of fused-ring (bicyclic) bond motifs is 1. The molecular weight excluding hydrogens is 408 g/mol. The average molecular weight is 433 g/mol. The molecule has 1 heterocycles. The van der Waals surface area contributed by atoms with E-state index in [1.165, 1.54) is 5.56 Å². The number of para-hydroxylation sites is 1. The fourth-order valence-electron chi connectivity index (χ4n) is 3.58. The van der Waals surface area contributed by atoms with E-state index in [0.29, 0.717) is 6.61 Å². The first-order valence-electron chi connectivity index (χ1n) is 10.4.